The lowest BCUT2D eigenvalue weighted by Gasteiger charge is -2.10. The Kier molecular flexibility index (Phi) is 3.44. The molecule has 0 atom stereocenters. The molecule has 0 saturated heterocycles. The molecule has 0 aliphatic carbocycles. The summed E-state index contributed by atoms with van der Waals surface area (Å²) in [6, 6.07) is 13.8. The Bertz CT molecular complexity index is 866. The Morgan fingerprint density at radius 3 is 2.70 bits per heavy atom. The van der Waals surface area contributed by atoms with Crippen molar-refractivity contribution in [1.29, 1.82) is 0 Å². The van der Waals surface area contributed by atoms with Crippen molar-refractivity contribution in [3.63, 3.8) is 0 Å². The molecule has 6 heteroatoms. The van der Waals surface area contributed by atoms with Crippen molar-refractivity contribution in [2.24, 2.45) is 5.73 Å². The molecule has 23 heavy (non-hydrogen) atoms. The summed E-state index contributed by atoms with van der Waals surface area (Å²) >= 11 is 0. The van der Waals surface area contributed by atoms with Crippen molar-refractivity contribution >= 4 is 16.6 Å². The quantitative estimate of drug-likeness (QED) is 0.770. The van der Waals surface area contributed by atoms with E-state index in [2.05, 4.69) is 15.5 Å². The van der Waals surface area contributed by atoms with Crippen molar-refractivity contribution in [2.45, 2.75) is 0 Å². The van der Waals surface area contributed by atoms with E-state index < -0.39 is 0 Å². The van der Waals surface area contributed by atoms with Gasteiger partial charge >= 0.3 is 0 Å². The molecule has 0 spiro atoms. The molecule has 116 valence electrons. The second-order valence-corrected chi connectivity index (χ2v) is 5.23. The van der Waals surface area contributed by atoms with Crippen LogP contribution in [0.25, 0.3) is 22.0 Å². The van der Waals surface area contributed by atoms with E-state index in [1.54, 1.807) is 0 Å². The first-order valence-electron chi connectivity index (χ1n) is 7.46. The van der Waals surface area contributed by atoms with Crippen LogP contribution in [0.1, 0.15) is 0 Å². The molecule has 1 aromatic heterocycles. The fourth-order valence-electron chi connectivity index (χ4n) is 2.68. The van der Waals surface area contributed by atoms with E-state index in [1.807, 2.05) is 42.5 Å². The van der Waals surface area contributed by atoms with Crippen LogP contribution in [-0.4, -0.2) is 30.1 Å². The molecule has 1 aliphatic heterocycles. The largest absolute Gasteiger partial charge is 0.454 e. The Balaban J connectivity index is 1.84. The normalized spacial score (nSPS) is 12.6. The zero-order valence-corrected chi connectivity index (χ0v) is 12.5. The van der Waals surface area contributed by atoms with Crippen LogP contribution >= 0.6 is 0 Å². The Morgan fingerprint density at radius 2 is 1.83 bits per heavy atom. The van der Waals surface area contributed by atoms with E-state index in [-0.39, 0.29) is 6.79 Å². The van der Waals surface area contributed by atoms with Gasteiger partial charge in [-0.1, -0.05) is 24.3 Å². The van der Waals surface area contributed by atoms with Gasteiger partial charge < -0.3 is 20.5 Å². The van der Waals surface area contributed by atoms with Crippen LogP contribution in [0.4, 0.5) is 5.82 Å². The maximum atomic E-state index is 5.56. The predicted molar refractivity (Wildman–Crippen MR) is 88.6 cm³/mol. The van der Waals surface area contributed by atoms with Crippen molar-refractivity contribution in [1.82, 2.24) is 10.2 Å². The molecule has 3 aromatic rings. The molecule has 6 nitrogen and oxygen atoms in total. The SMILES string of the molecule is NCCNc1nnc(-c2ccc3c(c2)OCO3)c2ccccc12. The molecule has 0 unspecified atom stereocenters. The zero-order valence-electron chi connectivity index (χ0n) is 12.5. The van der Waals surface area contributed by atoms with Crippen molar-refractivity contribution in [2.75, 3.05) is 25.2 Å². The molecule has 1 aliphatic rings. The topological polar surface area (TPSA) is 82.3 Å². The Labute approximate surface area is 133 Å². The van der Waals surface area contributed by atoms with Crippen LogP contribution in [-0.2, 0) is 0 Å². The van der Waals surface area contributed by atoms with Gasteiger partial charge in [-0.05, 0) is 18.2 Å². The standard InChI is InChI=1S/C17H16N4O2/c18-7-8-19-17-13-4-2-1-3-12(13)16(20-21-17)11-5-6-14-15(9-11)23-10-22-14/h1-6,9H,7-8,10,18H2,(H,19,21). The summed E-state index contributed by atoms with van der Waals surface area (Å²) in [6.45, 7) is 1.45. The first-order valence-corrected chi connectivity index (χ1v) is 7.46. The van der Waals surface area contributed by atoms with E-state index in [0.29, 0.717) is 13.1 Å². The van der Waals surface area contributed by atoms with E-state index in [4.69, 9.17) is 15.2 Å². The van der Waals surface area contributed by atoms with E-state index in [0.717, 1.165) is 39.3 Å². The summed E-state index contributed by atoms with van der Waals surface area (Å²) in [4.78, 5) is 0. The van der Waals surface area contributed by atoms with Crippen molar-refractivity contribution in [3.8, 4) is 22.8 Å². The highest BCUT2D eigenvalue weighted by atomic mass is 16.7. The minimum absolute atomic E-state index is 0.257. The first-order chi connectivity index (χ1) is 11.4. The average Bonchev–Trinajstić information content (AvgIpc) is 3.07. The smallest absolute Gasteiger partial charge is 0.231 e. The van der Waals surface area contributed by atoms with Gasteiger partial charge in [-0.15, -0.1) is 10.2 Å². The number of fused-ring (bicyclic) bond motifs is 2. The van der Waals surface area contributed by atoms with Gasteiger partial charge in [0.2, 0.25) is 6.79 Å². The van der Waals surface area contributed by atoms with Gasteiger partial charge in [-0.2, -0.15) is 0 Å². The van der Waals surface area contributed by atoms with Gasteiger partial charge in [0, 0.05) is 29.4 Å². The third kappa shape index (κ3) is 2.43. The third-order valence-corrected chi connectivity index (χ3v) is 3.77. The number of benzene rings is 2. The number of anilines is 1. The lowest BCUT2D eigenvalue weighted by molar-refractivity contribution is 0.174. The lowest BCUT2D eigenvalue weighted by atomic mass is 10.0. The number of aromatic nitrogens is 2. The molecule has 0 saturated carbocycles. The fraction of sp³-hybridized carbons (Fsp3) is 0.176. The summed E-state index contributed by atoms with van der Waals surface area (Å²) in [5, 5.41) is 14.0. The molecule has 4 rings (SSSR count). The highest BCUT2D eigenvalue weighted by Crippen LogP contribution is 2.37. The number of nitrogens with zero attached hydrogens (tertiary/aromatic N) is 2. The number of nitrogens with one attached hydrogen (secondary N) is 1. The minimum Gasteiger partial charge on any atom is -0.454 e. The van der Waals surface area contributed by atoms with Crippen LogP contribution in [0.5, 0.6) is 11.5 Å². The Hall–Kier alpha value is -2.86. The van der Waals surface area contributed by atoms with Crippen molar-refractivity contribution in [3.05, 3.63) is 42.5 Å². The molecule has 0 amide bonds. The summed E-state index contributed by atoms with van der Waals surface area (Å²) in [5.41, 5.74) is 7.32. The summed E-state index contributed by atoms with van der Waals surface area (Å²) in [6.07, 6.45) is 0. The average molecular weight is 308 g/mol. The summed E-state index contributed by atoms with van der Waals surface area (Å²) in [7, 11) is 0. The van der Waals surface area contributed by atoms with Crippen LogP contribution in [0.3, 0.4) is 0 Å². The Morgan fingerprint density at radius 1 is 1.00 bits per heavy atom. The van der Waals surface area contributed by atoms with Gasteiger partial charge in [-0.3, -0.25) is 0 Å². The first kappa shape index (κ1) is 13.8. The molecule has 0 radical (unpaired) electrons. The molecule has 2 heterocycles. The number of rotatable bonds is 4. The van der Waals surface area contributed by atoms with E-state index in [9.17, 15) is 0 Å². The van der Waals surface area contributed by atoms with Gasteiger partial charge in [0.1, 0.15) is 5.69 Å². The molecule has 3 N–H and O–H groups in total. The third-order valence-electron chi connectivity index (χ3n) is 3.77. The van der Waals surface area contributed by atoms with Crippen LogP contribution in [0.15, 0.2) is 42.5 Å². The number of hydrogen-bond donors (Lipinski definition) is 2. The second-order valence-electron chi connectivity index (χ2n) is 5.23. The molecule has 2 aromatic carbocycles. The van der Waals surface area contributed by atoms with Crippen molar-refractivity contribution < 1.29 is 9.47 Å². The van der Waals surface area contributed by atoms with Gasteiger partial charge in [0.05, 0.1) is 0 Å². The number of nitrogens with two attached hydrogens (primary N) is 1. The minimum atomic E-state index is 0.257. The van der Waals surface area contributed by atoms with E-state index in [1.165, 1.54) is 0 Å². The lowest BCUT2D eigenvalue weighted by Crippen LogP contribution is -2.14. The molecular formula is C17H16N4O2. The molecule has 0 bridgehead atoms. The maximum Gasteiger partial charge on any atom is 0.231 e. The molecule has 0 fully saturated rings. The van der Waals surface area contributed by atoms with Gasteiger partial charge in [0.25, 0.3) is 0 Å². The van der Waals surface area contributed by atoms with E-state index >= 15 is 0 Å². The maximum absolute atomic E-state index is 5.56. The summed E-state index contributed by atoms with van der Waals surface area (Å²) in [5.74, 6) is 2.24. The number of ether oxygens (including phenoxy) is 2. The van der Waals surface area contributed by atoms with Crippen LogP contribution in [0.2, 0.25) is 0 Å². The van der Waals surface area contributed by atoms with Gasteiger partial charge in [-0.25, -0.2) is 0 Å². The zero-order chi connectivity index (χ0) is 15.6. The van der Waals surface area contributed by atoms with Crippen LogP contribution in [0, 0.1) is 0 Å². The number of hydrogen-bond acceptors (Lipinski definition) is 6. The van der Waals surface area contributed by atoms with Crippen LogP contribution < -0.4 is 20.5 Å². The second kappa shape index (κ2) is 5.73. The fourth-order valence-corrected chi connectivity index (χ4v) is 2.68. The highest BCUT2D eigenvalue weighted by Gasteiger charge is 2.16. The van der Waals surface area contributed by atoms with Gasteiger partial charge in [0.15, 0.2) is 17.3 Å². The highest BCUT2D eigenvalue weighted by molar-refractivity contribution is 6.00. The summed E-state index contributed by atoms with van der Waals surface area (Å²) < 4.78 is 10.8. The monoisotopic (exact) mass is 308 g/mol. The predicted octanol–water partition coefficient (Wildman–Crippen LogP) is 2.40. The molecular weight excluding hydrogens is 292 g/mol.